The fourth-order valence-electron chi connectivity index (χ4n) is 3.40. The van der Waals surface area contributed by atoms with Gasteiger partial charge in [-0.05, 0) is 36.1 Å². The molecule has 0 saturated heterocycles. The highest BCUT2D eigenvalue weighted by Crippen LogP contribution is 2.30. The van der Waals surface area contributed by atoms with Gasteiger partial charge in [0.1, 0.15) is 0 Å². The van der Waals surface area contributed by atoms with Crippen molar-refractivity contribution < 1.29 is 0 Å². The summed E-state index contributed by atoms with van der Waals surface area (Å²) in [5, 5.41) is 0.821. The number of nitrogens with zero attached hydrogens (tertiary/aromatic N) is 1. The molecular formula is C19H21NO. The third kappa shape index (κ3) is 2.06. The van der Waals surface area contributed by atoms with Crippen LogP contribution in [0.15, 0.2) is 46.8 Å². The summed E-state index contributed by atoms with van der Waals surface area (Å²) in [5.41, 5.74) is 5.78. The van der Waals surface area contributed by atoms with E-state index in [2.05, 4.69) is 37.6 Å². The molecule has 1 aliphatic carbocycles. The summed E-state index contributed by atoms with van der Waals surface area (Å²) in [6.45, 7) is 4.30. The molecule has 0 spiro atoms. The van der Waals surface area contributed by atoms with Crippen LogP contribution in [0.1, 0.15) is 37.9 Å². The van der Waals surface area contributed by atoms with Gasteiger partial charge in [0.2, 0.25) is 0 Å². The molecule has 0 saturated carbocycles. The third-order valence-corrected chi connectivity index (χ3v) is 4.48. The van der Waals surface area contributed by atoms with Crippen LogP contribution in [0.2, 0.25) is 0 Å². The minimum Gasteiger partial charge on any atom is -0.347 e. The summed E-state index contributed by atoms with van der Waals surface area (Å²) in [6, 6.07) is 7.91. The maximum Gasteiger partial charge on any atom is 0.197 e. The fourth-order valence-corrected chi connectivity index (χ4v) is 3.40. The van der Waals surface area contributed by atoms with Crippen molar-refractivity contribution in [2.75, 3.05) is 0 Å². The second-order valence-corrected chi connectivity index (χ2v) is 5.54. The van der Waals surface area contributed by atoms with Crippen molar-refractivity contribution in [2.24, 2.45) is 7.05 Å². The lowest BCUT2D eigenvalue weighted by molar-refractivity contribution is 0.864. The number of para-hydroxylation sites is 1. The smallest absolute Gasteiger partial charge is 0.197 e. The molecule has 0 N–H and O–H groups in total. The van der Waals surface area contributed by atoms with Crippen molar-refractivity contribution >= 4 is 16.5 Å². The van der Waals surface area contributed by atoms with Crippen molar-refractivity contribution in [3.8, 4) is 0 Å². The lowest BCUT2D eigenvalue weighted by Crippen LogP contribution is -2.18. The molecular weight excluding hydrogens is 258 g/mol. The number of hydrogen-bond donors (Lipinski definition) is 0. The standard InChI is InChI=1S/C19H21NO/c1-4-13-9-8-12-17-18(14(13)5-2)19(21)15-10-6-7-11-16(15)20(17)3/h6-11H,4-5,12H2,1-3H3. The van der Waals surface area contributed by atoms with Crippen LogP contribution in [0.4, 0.5) is 0 Å². The number of aryl methyl sites for hydroxylation is 1. The molecule has 0 atom stereocenters. The molecule has 2 aromatic rings. The summed E-state index contributed by atoms with van der Waals surface area (Å²) in [7, 11) is 2.07. The summed E-state index contributed by atoms with van der Waals surface area (Å²) < 4.78 is 2.19. The van der Waals surface area contributed by atoms with Gasteiger partial charge in [-0.1, -0.05) is 38.1 Å². The molecule has 0 bridgehead atoms. The maximum absolute atomic E-state index is 13.0. The summed E-state index contributed by atoms with van der Waals surface area (Å²) in [6.07, 6.45) is 7.07. The van der Waals surface area contributed by atoms with Crippen molar-refractivity contribution in [1.82, 2.24) is 4.57 Å². The van der Waals surface area contributed by atoms with Crippen molar-refractivity contribution in [3.05, 3.63) is 63.5 Å². The molecule has 1 aliphatic rings. The third-order valence-electron chi connectivity index (χ3n) is 4.48. The van der Waals surface area contributed by atoms with E-state index in [-0.39, 0.29) is 5.43 Å². The normalized spacial score (nSPS) is 14.4. The summed E-state index contributed by atoms with van der Waals surface area (Å²) in [4.78, 5) is 13.0. The first-order chi connectivity index (χ1) is 10.2. The second-order valence-electron chi connectivity index (χ2n) is 5.54. The van der Waals surface area contributed by atoms with Gasteiger partial charge in [0.05, 0.1) is 5.52 Å². The molecule has 1 heterocycles. The highest BCUT2D eigenvalue weighted by molar-refractivity contribution is 5.85. The average molecular weight is 279 g/mol. The molecule has 2 heteroatoms. The first-order valence-corrected chi connectivity index (χ1v) is 7.68. The molecule has 1 aromatic carbocycles. The molecule has 0 radical (unpaired) electrons. The Kier molecular flexibility index (Phi) is 3.54. The Hall–Kier alpha value is -2.09. The Bertz CT molecular complexity index is 821. The number of pyridine rings is 1. The highest BCUT2D eigenvalue weighted by Gasteiger charge is 2.20. The van der Waals surface area contributed by atoms with Crippen molar-refractivity contribution in [3.63, 3.8) is 0 Å². The van der Waals surface area contributed by atoms with E-state index in [1.165, 1.54) is 11.1 Å². The van der Waals surface area contributed by atoms with Crippen LogP contribution in [0.25, 0.3) is 16.5 Å². The minimum atomic E-state index is 0.185. The molecule has 0 unspecified atom stereocenters. The SMILES string of the molecule is CCC1=C(CC)c2c(n(C)c3ccccc3c2=O)CC=C1. The van der Waals surface area contributed by atoms with Crippen LogP contribution in [-0.2, 0) is 13.5 Å². The van der Waals surface area contributed by atoms with E-state index >= 15 is 0 Å². The Morgan fingerprint density at radius 1 is 1.14 bits per heavy atom. The summed E-state index contributed by atoms with van der Waals surface area (Å²) in [5.74, 6) is 0. The van der Waals surface area contributed by atoms with Gasteiger partial charge in [0.15, 0.2) is 5.43 Å². The minimum absolute atomic E-state index is 0.185. The van der Waals surface area contributed by atoms with E-state index < -0.39 is 0 Å². The van der Waals surface area contributed by atoms with Gasteiger partial charge in [-0.15, -0.1) is 0 Å². The van der Waals surface area contributed by atoms with E-state index in [0.29, 0.717) is 0 Å². The zero-order valence-corrected chi connectivity index (χ0v) is 12.9. The van der Waals surface area contributed by atoms with E-state index in [0.717, 1.165) is 41.4 Å². The van der Waals surface area contributed by atoms with Crippen LogP contribution in [0.3, 0.4) is 0 Å². The first kappa shape index (κ1) is 13.9. The second kappa shape index (κ2) is 5.36. The summed E-state index contributed by atoms with van der Waals surface area (Å²) >= 11 is 0. The number of benzene rings is 1. The Labute approximate surface area is 125 Å². The van der Waals surface area contributed by atoms with E-state index in [1.54, 1.807) is 0 Å². The zero-order valence-electron chi connectivity index (χ0n) is 12.9. The van der Waals surface area contributed by atoms with Crippen LogP contribution >= 0.6 is 0 Å². The van der Waals surface area contributed by atoms with Crippen LogP contribution in [0, 0.1) is 0 Å². The lowest BCUT2D eigenvalue weighted by Gasteiger charge is -2.17. The molecule has 0 fully saturated rings. The predicted octanol–water partition coefficient (Wildman–Crippen LogP) is 4.22. The van der Waals surface area contributed by atoms with Gasteiger partial charge in [-0.3, -0.25) is 4.79 Å². The highest BCUT2D eigenvalue weighted by atomic mass is 16.1. The van der Waals surface area contributed by atoms with Gasteiger partial charge in [0.25, 0.3) is 0 Å². The van der Waals surface area contributed by atoms with Gasteiger partial charge < -0.3 is 4.57 Å². The molecule has 3 rings (SSSR count). The topological polar surface area (TPSA) is 22.0 Å². The first-order valence-electron chi connectivity index (χ1n) is 7.68. The van der Waals surface area contributed by atoms with E-state index in [9.17, 15) is 4.79 Å². The van der Waals surface area contributed by atoms with Gasteiger partial charge in [0, 0.05) is 30.1 Å². The van der Waals surface area contributed by atoms with Gasteiger partial charge in [-0.2, -0.15) is 0 Å². The number of rotatable bonds is 2. The van der Waals surface area contributed by atoms with E-state index in [4.69, 9.17) is 0 Å². The molecule has 21 heavy (non-hydrogen) atoms. The number of fused-ring (bicyclic) bond motifs is 2. The van der Waals surface area contributed by atoms with Crippen LogP contribution in [0.5, 0.6) is 0 Å². The number of hydrogen-bond acceptors (Lipinski definition) is 1. The molecule has 0 aliphatic heterocycles. The molecule has 0 amide bonds. The number of allylic oxidation sites excluding steroid dienone is 4. The van der Waals surface area contributed by atoms with Gasteiger partial charge in [-0.25, -0.2) is 0 Å². The Morgan fingerprint density at radius 3 is 2.62 bits per heavy atom. The molecule has 1 aromatic heterocycles. The van der Waals surface area contributed by atoms with Gasteiger partial charge >= 0.3 is 0 Å². The fraction of sp³-hybridized carbons (Fsp3) is 0.316. The van der Waals surface area contributed by atoms with Crippen molar-refractivity contribution in [2.45, 2.75) is 33.1 Å². The Morgan fingerprint density at radius 2 is 1.90 bits per heavy atom. The quantitative estimate of drug-likeness (QED) is 0.806. The molecule has 108 valence electrons. The van der Waals surface area contributed by atoms with Crippen molar-refractivity contribution in [1.29, 1.82) is 0 Å². The number of aromatic nitrogens is 1. The predicted molar refractivity (Wildman–Crippen MR) is 89.5 cm³/mol. The monoisotopic (exact) mass is 279 g/mol. The zero-order chi connectivity index (χ0) is 15.0. The largest absolute Gasteiger partial charge is 0.347 e. The van der Waals surface area contributed by atoms with E-state index in [1.807, 2.05) is 24.3 Å². The Balaban J connectivity index is 2.49. The van der Waals surface area contributed by atoms with Crippen LogP contribution < -0.4 is 5.43 Å². The van der Waals surface area contributed by atoms with Crippen LogP contribution in [-0.4, -0.2) is 4.57 Å². The average Bonchev–Trinajstić information content (AvgIpc) is 2.71. The molecule has 2 nitrogen and oxygen atoms in total. The lowest BCUT2D eigenvalue weighted by atomic mass is 9.94. The maximum atomic E-state index is 13.0.